The monoisotopic (exact) mass is 280 g/mol. The van der Waals surface area contributed by atoms with Gasteiger partial charge in [0.15, 0.2) is 26.5 Å². The van der Waals surface area contributed by atoms with Crippen molar-refractivity contribution in [3.8, 4) is 5.75 Å². The summed E-state index contributed by atoms with van der Waals surface area (Å²) in [5, 5.41) is 8.30. The molecule has 0 atom stereocenters. The van der Waals surface area contributed by atoms with Gasteiger partial charge < -0.3 is 5.11 Å². The number of sulfone groups is 1. The lowest BCUT2D eigenvalue weighted by Gasteiger charge is -2.08. The van der Waals surface area contributed by atoms with E-state index in [1.807, 2.05) is 4.72 Å². The van der Waals surface area contributed by atoms with Gasteiger partial charge in [0.05, 0.1) is 0 Å². The Hall–Kier alpha value is -1.35. The van der Waals surface area contributed by atoms with Gasteiger partial charge in [0, 0.05) is 11.9 Å². The predicted molar refractivity (Wildman–Crippen MR) is 62.9 cm³/mol. The molecule has 0 fully saturated rings. The van der Waals surface area contributed by atoms with Crippen LogP contribution < -0.4 is 4.72 Å². The molecule has 0 amide bonds. The topological polar surface area (TPSA) is 113 Å². The summed E-state index contributed by atoms with van der Waals surface area (Å²) in [6.45, 7) is 1.60. The maximum Gasteiger partial charge on any atom is 0.248 e. The minimum atomic E-state index is -4.09. The molecule has 0 radical (unpaired) electrons. The number of hydrogen-bond donors (Lipinski definition) is 2. The zero-order valence-electron chi connectivity index (χ0n) is 9.21. The van der Waals surface area contributed by atoms with E-state index < -0.39 is 24.9 Å². The van der Waals surface area contributed by atoms with Gasteiger partial charge in [-0.1, -0.05) is 0 Å². The Labute approximate surface area is 99.5 Å². The zero-order chi connectivity index (χ0) is 13.3. The van der Waals surface area contributed by atoms with E-state index in [2.05, 4.69) is 4.98 Å². The van der Waals surface area contributed by atoms with E-state index in [-0.39, 0.29) is 11.6 Å². The highest BCUT2D eigenvalue weighted by Gasteiger charge is 2.20. The second kappa shape index (κ2) is 4.49. The van der Waals surface area contributed by atoms with Crippen molar-refractivity contribution < 1.29 is 21.9 Å². The first-order valence-electron chi connectivity index (χ1n) is 4.44. The highest BCUT2D eigenvalue weighted by atomic mass is 32.3. The van der Waals surface area contributed by atoms with E-state index in [0.717, 1.165) is 6.26 Å². The summed E-state index contributed by atoms with van der Waals surface area (Å²) >= 11 is 0. The van der Waals surface area contributed by atoms with Crippen LogP contribution >= 0.6 is 0 Å². The van der Waals surface area contributed by atoms with Crippen LogP contribution in [0.1, 0.15) is 5.69 Å². The Morgan fingerprint density at radius 1 is 1.29 bits per heavy atom. The summed E-state index contributed by atoms with van der Waals surface area (Å²) in [7, 11) is -7.78. The third-order valence-electron chi connectivity index (χ3n) is 1.63. The molecule has 17 heavy (non-hydrogen) atoms. The molecule has 0 aliphatic carbocycles. The van der Waals surface area contributed by atoms with E-state index >= 15 is 0 Å². The zero-order valence-corrected chi connectivity index (χ0v) is 10.8. The van der Waals surface area contributed by atoms with Crippen LogP contribution in [-0.2, 0) is 19.9 Å². The summed E-state index contributed by atoms with van der Waals surface area (Å²) in [4.78, 5) is 3.75. The number of rotatable bonds is 4. The van der Waals surface area contributed by atoms with Gasteiger partial charge in [0.25, 0.3) is 0 Å². The van der Waals surface area contributed by atoms with Crippen LogP contribution in [0.2, 0.25) is 0 Å². The van der Waals surface area contributed by atoms with Crippen molar-refractivity contribution in [2.24, 2.45) is 0 Å². The van der Waals surface area contributed by atoms with Crippen molar-refractivity contribution in [2.45, 2.75) is 6.92 Å². The molecule has 96 valence electrons. The second-order valence-electron chi connectivity index (χ2n) is 3.58. The number of nitrogens with zero attached hydrogens (tertiary/aromatic N) is 1. The maximum absolute atomic E-state index is 11.4. The van der Waals surface area contributed by atoms with Crippen molar-refractivity contribution in [3.05, 3.63) is 17.8 Å². The number of anilines is 1. The molecule has 0 saturated heterocycles. The van der Waals surface area contributed by atoms with Gasteiger partial charge in [-0.25, -0.2) is 21.8 Å². The molecule has 0 bridgehead atoms. The fourth-order valence-electron chi connectivity index (χ4n) is 1.08. The second-order valence-corrected chi connectivity index (χ2v) is 7.81. The Balaban J connectivity index is 3.02. The number of aromatic nitrogens is 1. The number of nitrogens with one attached hydrogen (secondary N) is 1. The quantitative estimate of drug-likeness (QED) is 0.792. The Morgan fingerprint density at radius 2 is 1.88 bits per heavy atom. The van der Waals surface area contributed by atoms with Gasteiger partial charge in [-0.3, -0.25) is 4.72 Å². The van der Waals surface area contributed by atoms with E-state index in [0.29, 0.717) is 5.69 Å². The average Bonchev–Trinajstić information content (AvgIpc) is 2.06. The Bertz CT molecular complexity index is 621. The lowest BCUT2D eigenvalue weighted by molar-refractivity contribution is 0.475. The van der Waals surface area contributed by atoms with Crippen molar-refractivity contribution in [2.75, 3.05) is 16.1 Å². The summed E-state index contributed by atoms with van der Waals surface area (Å²) < 4.78 is 46.6. The molecule has 0 unspecified atom stereocenters. The molecule has 1 rings (SSSR count). The molecule has 2 N–H and O–H groups in total. The minimum Gasteiger partial charge on any atom is -0.504 e. The van der Waals surface area contributed by atoms with E-state index in [1.54, 1.807) is 6.92 Å². The highest BCUT2D eigenvalue weighted by Crippen LogP contribution is 2.21. The van der Waals surface area contributed by atoms with Crippen molar-refractivity contribution >= 4 is 25.7 Å². The number of aryl methyl sites for hydroxylation is 1. The normalized spacial score (nSPS) is 12.4. The largest absolute Gasteiger partial charge is 0.504 e. The summed E-state index contributed by atoms with van der Waals surface area (Å²) in [5.74, 6) is -0.652. The van der Waals surface area contributed by atoms with Crippen LogP contribution in [0.25, 0.3) is 0 Å². The molecule has 0 spiro atoms. The highest BCUT2D eigenvalue weighted by molar-refractivity contribution is 8.08. The molecule has 0 aliphatic rings. The molecule has 0 aromatic carbocycles. The number of sulfonamides is 1. The van der Waals surface area contributed by atoms with Gasteiger partial charge >= 0.3 is 0 Å². The predicted octanol–water partition coefficient (Wildman–Crippen LogP) is -0.161. The van der Waals surface area contributed by atoms with Crippen LogP contribution in [0.3, 0.4) is 0 Å². The molecule has 0 saturated carbocycles. The number of pyridine rings is 1. The van der Waals surface area contributed by atoms with Crippen LogP contribution in [-0.4, -0.2) is 38.3 Å². The molecule has 1 aromatic rings. The SMILES string of the molecule is Cc1ccc(O)c(NS(=O)(=O)CS(C)(=O)=O)n1. The maximum atomic E-state index is 11.4. The average molecular weight is 280 g/mol. The molecular formula is C8H12N2O5S2. The number of hydrogen-bond acceptors (Lipinski definition) is 6. The van der Waals surface area contributed by atoms with Crippen LogP contribution in [0.4, 0.5) is 5.82 Å². The molecule has 1 heterocycles. The third kappa shape index (κ3) is 4.57. The van der Waals surface area contributed by atoms with Gasteiger partial charge in [-0.2, -0.15) is 0 Å². The van der Waals surface area contributed by atoms with Gasteiger partial charge in [-0.15, -0.1) is 0 Å². The standard InChI is InChI=1S/C8H12N2O5S2/c1-6-3-4-7(11)8(9-6)10-17(14,15)5-16(2,12)13/h3-4,11H,5H2,1-2H3,(H,9,10). The first kappa shape index (κ1) is 13.7. The smallest absolute Gasteiger partial charge is 0.248 e. The summed E-state index contributed by atoms with van der Waals surface area (Å²) in [6, 6.07) is 2.75. The summed E-state index contributed by atoms with van der Waals surface area (Å²) in [5.41, 5.74) is 0.486. The van der Waals surface area contributed by atoms with Crippen molar-refractivity contribution in [1.29, 1.82) is 0 Å². The lowest BCUT2D eigenvalue weighted by Crippen LogP contribution is -2.22. The molecule has 1 aromatic heterocycles. The van der Waals surface area contributed by atoms with E-state index in [9.17, 15) is 21.9 Å². The Kier molecular flexibility index (Phi) is 3.62. The third-order valence-corrected chi connectivity index (χ3v) is 5.09. The first-order chi connectivity index (χ1) is 7.59. The van der Waals surface area contributed by atoms with E-state index in [1.165, 1.54) is 12.1 Å². The van der Waals surface area contributed by atoms with Crippen LogP contribution in [0.15, 0.2) is 12.1 Å². The molecule has 7 nitrogen and oxygen atoms in total. The van der Waals surface area contributed by atoms with Crippen LogP contribution in [0, 0.1) is 6.92 Å². The first-order valence-corrected chi connectivity index (χ1v) is 8.15. The fraction of sp³-hybridized carbons (Fsp3) is 0.375. The van der Waals surface area contributed by atoms with Gasteiger partial charge in [0.1, 0.15) is 0 Å². The number of aromatic hydroxyl groups is 1. The lowest BCUT2D eigenvalue weighted by atomic mass is 10.3. The molecule has 0 aliphatic heterocycles. The fourth-order valence-corrected chi connectivity index (χ4v) is 4.02. The van der Waals surface area contributed by atoms with E-state index in [4.69, 9.17) is 0 Å². The van der Waals surface area contributed by atoms with Gasteiger partial charge in [-0.05, 0) is 19.1 Å². The van der Waals surface area contributed by atoms with Crippen molar-refractivity contribution in [3.63, 3.8) is 0 Å². The van der Waals surface area contributed by atoms with Gasteiger partial charge in [0.2, 0.25) is 10.0 Å². The van der Waals surface area contributed by atoms with Crippen LogP contribution in [0.5, 0.6) is 5.75 Å². The molecular weight excluding hydrogens is 268 g/mol. The Morgan fingerprint density at radius 3 is 2.41 bits per heavy atom. The minimum absolute atomic E-state index is 0.284. The van der Waals surface area contributed by atoms with Crippen molar-refractivity contribution in [1.82, 2.24) is 4.98 Å². The molecule has 9 heteroatoms. The summed E-state index contributed by atoms with van der Waals surface area (Å²) in [6.07, 6.45) is 0.801.